The number of carbonyl (C=O) groups excluding carboxylic acids is 1. The van der Waals surface area contributed by atoms with Crippen LogP contribution < -0.4 is 4.72 Å². The number of benzene rings is 1. The fourth-order valence-corrected chi connectivity index (χ4v) is 3.51. The fraction of sp³-hybridized carbons (Fsp3) is 0.357. The van der Waals surface area contributed by atoms with Crippen LogP contribution in [0, 0.1) is 11.8 Å². The second-order valence-electron chi connectivity index (χ2n) is 4.68. The highest BCUT2D eigenvalue weighted by Gasteiger charge is 2.33. The molecule has 2 N–H and O–H groups in total. The van der Waals surface area contributed by atoms with Crippen LogP contribution in [0.25, 0.3) is 0 Å². The van der Waals surface area contributed by atoms with Crippen molar-refractivity contribution in [3.05, 3.63) is 29.8 Å². The van der Waals surface area contributed by atoms with Gasteiger partial charge >= 0.3 is 0 Å². The fourth-order valence-electron chi connectivity index (χ4n) is 2.12. The van der Waals surface area contributed by atoms with Crippen LogP contribution in [0.1, 0.15) is 12.0 Å². The van der Waals surface area contributed by atoms with Gasteiger partial charge in [-0.3, -0.25) is 4.79 Å². The van der Waals surface area contributed by atoms with Crippen LogP contribution in [-0.4, -0.2) is 50.6 Å². The maximum absolute atomic E-state index is 12.4. The van der Waals surface area contributed by atoms with Crippen LogP contribution in [0.5, 0.6) is 0 Å². The minimum absolute atomic E-state index is 0.00769. The van der Waals surface area contributed by atoms with Crippen molar-refractivity contribution >= 4 is 15.9 Å². The topological polar surface area (TPSA) is 86.7 Å². The highest BCUT2D eigenvalue weighted by Crippen LogP contribution is 2.17. The zero-order chi connectivity index (χ0) is 15.5. The first kappa shape index (κ1) is 15.5. The summed E-state index contributed by atoms with van der Waals surface area (Å²) < 4.78 is 27.2. The van der Waals surface area contributed by atoms with Crippen LogP contribution in [0.3, 0.4) is 0 Å². The van der Waals surface area contributed by atoms with Gasteiger partial charge in [0, 0.05) is 19.2 Å². The molecule has 1 fully saturated rings. The van der Waals surface area contributed by atoms with E-state index >= 15 is 0 Å². The van der Waals surface area contributed by atoms with Gasteiger partial charge in [0.05, 0.1) is 4.90 Å². The summed E-state index contributed by atoms with van der Waals surface area (Å²) in [5.74, 6) is 4.79. The summed E-state index contributed by atoms with van der Waals surface area (Å²) in [7, 11) is -2.21. The lowest BCUT2D eigenvalue weighted by Gasteiger charge is -2.13. The Morgan fingerprint density at radius 1 is 1.43 bits per heavy atom. The van der Waals surface area contributed by atoms with E-state index in [1.165, 1.54) is 11.0 Å². The molecule has 0 aliphatic carbocycles. The SMILES string of the molecule is CN1CCC(NS(=O)(=O)c2ccccc2C#CCO)C1=O. The van der Waals surface area contributed by atoms with Crippen molar-refractivity contribution in [2.45, 2.75) is 17.4 Å². The van der Waals surface area contributed by atoms with E-state index in [0.29, 0.717) is 13.0 Å². The van der Waals surface area contributed by atoms with E-state index in [2.05, 4.69) is 16.6 Å². The minimum Gasteiger partial charge on any atom is -0.384 e. The maximum Gasteiger partial charge on any atom is 0.242 e. The lowest BCUT2D eigenvalue weighted by molar-refractivity contribution is -0.127. The average Bonchev–Trinajstić information content (AvgIpc) is 2.77. The van der Waals surface area contributed by atoms with Crippen molar-refractivity contribution in [1.29, 1.82) is 0 Å². The number of hydrogen-bond acceptors (Lipinski definition) is 4. The van der Waals surface area contributed by atoms with Gasteiger partial charge in [0.1, 0.15) is 12.6 Å². The van der Waals surface area contributed by atoms with E-state index in [4.69, 9.17) is 5.11 Å². The van der Waals surface area contributed by atoms with Gasteiger partial charge in [-0.15, -0.1) is 0 Å². The number of rotatable bonds is 3. The molecule has 6 nitrogen and oxygen atoms in total. The predicted octanol–water partition coefficient (Wildman–Crippen LogP) is -0.461. The van der Waals surface area contributed by atoms with Gasteiger partial charge in [-0.05, 0) is 18.6 Å². The molecule has 21 heavy (non-hydrogen) atoms. The minimum atomic E-state index is -3.84. The molecule has 1 aliphatic rings. The third-order valence-electron chi connectivity index (χ3n) is 3.20. The number of carbonyl (C=O) groups is 1. The Kier molecular flexibility index (Phi) is 4.63. The second-order valence-corrected chi connectivity index (χ2v) is 6.36. The second kappa shape index (κ2) is 6.26. The Morgan fingerprint density at radius 2 is 2.14 bits per heavy atom. The number of likely N-dealkylation sites (tertiary alicyclic amines) is 1. The molecular formula is C14H16N2O4S. The molecule has 1 saturated heterocycles. The Morgan fingerprint density at radius 3 is 2.76 bits per heavy atom. The Balaban J connectivity index is 2.30. The summed E-state index contributed by atoms with van der Waals surface area (Å²) in [5, 5.41) is 8.73. The number of nitrogens with zero attached hydrogens (tertiary/aromatic N) is 1. The molecule has 1 amide bonds. The molecule has 112 valence electrons. The van der Waals surface area contributed by atoms with Gasteiger partial charge in [-0.2, -0.15) is 4.72 Å². The number of sulfonamides is 1. The van der Waals surface area contributed by atoms with Crippen LogP contribution in [-0.2, 0) is 14.8 Å². The smallest absolute Gasteiger partial charge is 0.242 e. The van der Waals surface area contributed by atoms with Crippen LogP contribution in [0.15, 0.2) is 29.2 Å². The van der Waals surface area contributed by atoms with E-state index in [9.17, 15) is 13.2 Å². The van der Waals surface area contributed by atoms with Gasteiger partial charge < -0.3 is 10.0 Å². The number of likely N-dealkylation sites (N-methyl/N-ethyl adjacent to an activating group) is 1. The Labute approximate surface area is 123 Å². The molecule has 0 aromatic heterocycles. The van der Waals surface area contributed by atoms with E-state index in [1.807, 2.05) is 0 Å². The van der Waals surface area contributed by atoms with Crippen molar-refractivity contribution in [1.82, 2.24) is 9.62 Å². The molecule has 0 bridgehead atoms. The summed E-state index contributed by atoms with van der Waals surface area (Å²) in [6.45, 7) is 0.172. The number of nitrogens with one attached hydrogen (secondary N) is 1. The highest BCUT2D eigenvalue weighted by molar-refractivity contribution is 7.89. The molecule has 1 aromatic rings. The molecule has 7 heteroatoms. The van der Waals surface area contributed by atoms with Crippen LogP contribution in [0.4, 0.5) is 0 Å². The van der Waals surface area contributed by atoms with Gasteiger partial charge in [0.15, 0.2) is 0 Å². The molecule has 0 spiro atoms. The lowest BCUT2D eigenvalue weighted by atomic mass is 10.2. The van der Waals surface area contributed by atoms with E-state index in [1.54, 1.807) is 25.2 Å². The zero-order valence-electron chi connectivity index (χ0n) is 11.5. The first-order valence-corrected chi connectivity index (χ1v) is 7.90. The van der Waals surface area contributed by atoms with Gasteiger partial charge in [-0.25, -0.2) is 8.42 Å². The Bertz CT molecular complexity index is 703. The van der Waals surface area contributed by atoms with Crippen molar-refractivity contribution in [3.63, 3.8) is 0 Å². The molecular weight excluding hydrogens is 292 g/mol. The highest BCUT2D eigenvalue weighted by atomic mass is 32.2. The molecule has 0 saturated carbocycles. The van der Waals surface area contributed by atoms with Crippen molar-refractivity contribution in [2.75, 3.05) is 20.2 Å². The number of amides is 1. The molecule has 1 atom stereocenters. The summed E-state index contributed by atoms with van der Waals surface area (Å²) in [4.78, 5) is 13.3. The normalized spacial score (nSPS) is 18.5. The van der Waals surface area contributed by atoms with Crippen LogP contribution in [0.2, 0.25) is 0 Å². The van der Waals surface area contributed by atoms with E-state index in [-0.39, 0.29) is 23.0 Å². The molecule has 0 radical (unpaired) electrons. The van der Waals surface area contributed by atoms with E-state index in [0.717, 1.165) is 0 Å². The van der Waals surface area contributed by atoms with Crippen LogP contribution >= 0.6 is 0 Å². The lowest BCUT2D eigenvalue weighted by Crippen LogP contribution is -2.40. The maximum atomic E-state index is 12.4. The molecule has 1 aliphatic heterocycles. The van der Waals surface area contributed by atoms with Gasteiger partial charge in [0.2, 0.25) is 15.9 Å². The van der Waals surface area contributed by atoms with E-state index < -0.39 is 16.1 Å². The third-order valence-corrected chi connectivity index (χ3v) is 4.73. The van der Waals surface area contributed by atoms with Gasteiger partial charge in [-0.1, -0.05) is 24.0 Å². The summed E-state index contributed by atoms with van der Waals surface area (Å²) in [6.07, 6.45) is 0.444. The first-order valence-electron chi connectivity index (χ1n) is 6.42. The first-order chi connectivity index (χ1) is 9.95. The monoisotopic (exact) mass is 308 g/mol. The number of hydrogen-bond donors (Lipinski definition) is 2. The molecule has 1 heterocycles. The average molecular weight is 308 g/mol. The summed E-state index contributed by atoms with van der Waals surface area (Å²) in [5.41, 5.74) is 0.290. The largest absolute Gasteiger partial charge is 0.384 e. The molecule has 1 aromatic carbocycles. The molecule has 2 rings (SSSR count). The zero-order valence-corrected chi connectivity index (χ0v) is 12.4. The third kappa shape index (κ3) is 3.42. The van der Waals surface area contributed by atoms with Crippen molar-refractivity contribution in [2.24, 2.45) is 0 Å². The molecule has 1 unspecified atom stereocenters. The van der Waals surface area contributed by atoms with Crippen molar-refractivity contribution < 1.29 is 18.3 Å². The summed E-state index contributed by atoms with van der Waals surface area (Å²) >= 11 is 0. The standard InChI is InChI=1S/C14H16N2O4S/c1-16-9-8-12(14(16)18)15-21(19,20)13-7-3-2-5-11(13)6-4-10-17/h2-3,5,7,12,15,17H,8-10H2,1H3. The Hall–Kier alpha value is -1.88. The van der Waals surface area contributed by atoms with Crippen molar-refractivity contribution in [3.8, 4) is 11.8 Å². The van der Waals surface area contributed by atoms with Gasteiger partial charge in [0.25, 0.3) is 0 Å². The predicted molar refractivity (Wildman–Crippen MR) is 76.8 cm³/mol. The number of aliphatic hydroxyl groups is 1. The summed E-state index contributed by atoms with van der Waals surface area (Å²) in [6, 6.07) is 5.49. The quantitative estimate of drug-likeness (QED) is 0.740. The number of aliphatic hydroxyl groups excluding tert-OH is 1.